The number of piperidine rings is 1. The molecule has 0 bridgehead atoms. The van der Waals surface area contributed by atoms with Gasteiger partial charge in [-0.05, 0) is 48.6 Å². The second-order valence-corrected chi connectivity index (χ2v) is 7.63. The van der Waals surface area contributed by atoms with Gasteiger partial charge in [-0.1, -0.05) is 37.3 Å². The van der Waals surface area contributed by atoms with Crippen molar-refractivity contribution in [2.75, 3.05) is 23.3 Å². The highest BCUT2D eigenvalue weighted by Crippen LogP contribution is 2.24. The maximum Gasteiger partial charge on any atom is 0.226 e. The molecule has 1 aliphatic rings. The van der Waals surface area contributed by atoms with Crippen molar-refractivity contribution in [3.8, 4) is 0 Å². The number of benzene rings is 2. The van der Waals surface area contributed by atoms with E-state index >= 15 is 0 Å². The highest BCUT2D eigenvalue weighted by atomic mass is 16.2. The minimum atomic E-state index is -0.340. The molecule has 3 rings (SSSR count). The Morgan fingerprint density at radius 3 is 2.29 bits per heavy atom. The Hall–Kier alpha value is -2.82. The largest absolute Gasteiger partial charge is 0.372 e. The molecule has 1 heterocycles. The number of carbonyl (C=O) groups is 2. The first-order valence-corrected chi connectivity index (χ1v) is 9.98. The van der Waals surface area contributed by atoms with Gasteiger partial charge in [0, 0.05) is 31.4 Å². The number of anilines is 2. The van der Waals surface area contributed by atoms with Crippen LogP contribution in [-0.4, -0.2) is 24.9 Å². The van der Waals surface area contributed by atoms with E-state index in [1.807, 2.05) is 42.5 Å². The van der Waals surface area contributed by atoms with Gasteiger partial charge in [0.25, 0.3) is 0 Å². The van der Waals surface area contributed by atoms with Gasteiger partial charge in [-0.25, -0.2) is 0 Å². The molecule has 1 saturated heterocycles. The third-order valence-corrected chi connectivity index (χ3v) is 5.27. The number of nitrogens with zero attached hydrogens (tertiary/aromatic N) is 1. The fourth-order valence-electron chi connectivity index (χ4n) is 3.60. The topological polar surface area (TPSA) is 61.4 Å². The molecule has 2 aromatic rings. The summed E-state index contributed by atoms with van der Waals surface area (Å²) in [7, 11) is 0. The van der Waals surface area contributed by atoms with Crippen molar-refractivity contribution in [1.82, 2.24) is 5.32 Å². The van der Waals surface area contributed by atoms with Crippen LogP contribution in [0.2, 0.25) is 0 Å². The molecule has 2 aromatic carbocycles. The van der Waals surface area contributed by atoms with Gasteiger partial charge in [-0.3, -0.25) is 9.59 Å². The quantitative estimate of drug-likeness (QED) is 0.793. The summed E-state index contributed by atoms with van der Waals surface area (Å²) >= 11 is 0. The van der Waals surface area contributed by atoms with Gasteiger partial charge < -0.3 is 15.5 Å². The number of hydrogen-bond donors (Lipinski definition) is 2. The number of rotatable bonds is 6. The molecule has 0 aromatic heterocycles. The van der Waals surface area contributed by atoms with Gasteiger partial charge in [0.1, 0.15) is 0 Å². The van der Waals surface area contributed by atoms with E-state index in [-0.39, 0.29) is 24.3 Å². The third-order valence-electron chi connectivity index (χ3n) is 5.27. The van der Waals surface area contributed by atoms with E-state index in [9.17, 15) is 9.59 Å². The Morgan fingerprint density at radius 2 is 1.68 bits per heavy atom. The highest BCUT2D eigenvalue weighted by molar-refractivity contribution is 5.91. The molecule has 2 N–H and O–H groups in total. The van der Waals surface area contributed by atoms with E-state index in [1.165, 1.54) is 25.5 Å². The van der Waals surface area contributed by atoms with Crippen molar-refractivity contribution in [2.24, 2.45) is 5.92 Å². The van der Waals surface area contributed by atoms with Crippen molar-refractivity contribution >= 4 is 23.2 Å². The van der Waals surface area contributed by atoms with Crippen LogP contribution in [0.15, 0.2) is 54.6 Å². The molecule has 0 aliphatic carbocycles. The van der Waals surface area contributed by atoms with Crippen molar-refractivity contribution in [1.29, 1.82) is 0 Å². The van der Waals surface area contributed by atoms with Gasteiger partial charge in [0.15, 0.2) is 0 Å². The average molecular weight is 380 g/mol. The van der Waals surface area contributed by atoms with E-state index in [0.29, 0.717) is 0 Å². The van der Waals surface area contributed by atoms with Gasteiger partial charge in [0.05, 0.1) is 12.5 Å². The van der Waals surface area contributed by atoms with Crippen LogP contribution in [0.25, 0.3) is 0 Å². The van der Waals surface area contributed by atoms with Crippen LogP contribution in [0.1, 0.15) is 44.7 Å². The SMILES string of the molecule is CC(=O)N[C@H](CC(=O)Nc1ccc(N2CCC(C)CC2)cc1)c1ccccc1. The Kier molecular flexibility index (Phi) is 6.69. The predicted molar refractivity (Wildman–Crippen MR) is 113 cm³/mol. The molecule has 2 amide bonds. The number of amides is 2. The molecule has 5 nitrogen and oxygen atoms in total. The predicted octanol–water partition coefficient (Wildman–Crippen LogP) is 4.13. The van der Waals surface area contributed by atoms with Crippen LogP contribution in [0, 0.1) is 5.92 Å². The smallest absolute Gasteiger partial charge is 0.226 e. The molecular weight excluding hydrogens is 350 g/mol. The second kappa shape index (κ2) is 9.40. The van der Waals surface area contributed by atoms with E-state index < -0.39 is 0 Å². The number of carbonyl (C=O) groups excluding carboxylic acids is 2. The van der Waals surface area contributed by atoms with Crippen molar-refractivity contribution in [3.05, 3.63) is 60.2 Å². The Labute approximate surface area is 167 Å². The van der Waals surface area contributed by atoms with Gasteiger partial charge in [0.2, 0.25) is 11.8 Å². The van der Waals surface area contributed by atoms with Crippen LogP contribution < -0.4 is 15.5 Å². The average Bonchev–Trinajstić information content (AvgIpc) is 2.69. The molecule has 0 spiro atoms. The molecule has 1 atom stereocenters. The van der Waals surface area contributed by atoms with Gasteiger partial charge in [-0.15, -0.1) is 0 Å². The lowest BCUT2D eigenvalue weighted by Gasteiger charge is -2.32. The monoisotopic (exact) mass is 379 g/mol. The summed E-state index contributed by atoms with van der Waals surface area (Å²) in [4.78, 5) is 26.5. The van der Waals surface area contributed by atoms with E-state index in [4.69, 9.17) is 0 Å². The Balaban J connectivity index is 1.59. The zero-order valence-electron chi connectivity index (χ0n) is 16.7. The number of hydrogen-bond acceptors (Lipinski definition) is 3. The van der Waals surface area contributed by atoms with Crippen molar-refractivity contribution < 1.29 is 9.59 Å². The summed E-state index contributed by atoms with van der Waals surface area (Å²) in [6.07, 6.45) is 2.64. The highest BCUT2D eigenvalue weighted by Gasteiger charge is 2.18. The minimum absolute atomic E-state index is 0.123. The summed E-state index contributed by atoms with van der Waals surface area (Å²) in [6.45, 7) is 5.94. The minimum Gasteiger partial charge on any atom is -0.372 e. The van der Waals surface area contributed by atoms with Crippen LogP contribution in [0.4, 0.5) is 11.4 Å². The maximum atomic E-state index is 12.5. The first kappa shape index (κ1) is 19.9. The van der Waals surface area contributed by atoms with Gasteiger partial charge >= 0.3 is 0 Å². The summed E-state index contributed by atoms with van der Waals surface area (Å²) < 4.78 is 0. The molecule has 0 radical (unpaired) electrons. The normalized spacial score (nSPS) is 15.7. The summed E-state index contributed by atoms with van der Waals surface area (Å²) in [5, 5.41) is 5.81. The van der Waals surface area contributed by atoms with Crippen LogP contribution in [0.5, 0.6) is 0 Å². The fourth-order valence-corrected chi connectivity index (χ4v) is 3.60. The Morgan fingerprint density at radius 1 is 1.04 bits per heavy atom. The van der Waals surface area contributed by atoms with Crippen LogP contribution >= 0.6 is 0 Å². The molecule has 0 saturated carbocycles. The van der Waals surface area contributed by atoms with Crippen molar-refractivity contribution in [2.45, 2.75) is 39.2 Å². The zero-order valence-corrected chi connectivity index (χ0v) is 16.7. The molecule has 148 valence electrons. The molecular formula is C23H29N3O2. The third kappa shape index (κ3) is 5.59. The molecule has 28 heavy (non-hydrogen) atoms. The molecule has 1 aliphatic heterocycles. The van der Waals surface area contributed by atoms with Crippen LogP contribution in [-0.2, 0) is 9.59 Å². The number of nitrogens with one attached hydrogen (secondary N) is 2. The van der Waals surface area contributed by atoms with E-state index in [2.05, 4.69) is 34.6 Å². The van der Waals surface area contributed by atoms with E-state index in [1.54, 1.807) is 0 Å². The van der Waals surface area contributed by atoms with E-state index in [0.717, 1.165) is 30.3 Å². The summed E-state index contributed by atoms with van der Waals surface area (Å²) in [6, 6.07) is 17.2. The second-order valence-electron chi connectivity index (χ2n) is 7.63. The molecule has 1 fully saturated rings. The standard InChI is InChI=1S/C23H29N3O2/c1-17-12-14-26(15-13-17)21-10-8-20(9-11-21)25-23(28)16-22(24-18(2)27)19-6-4-3-5-7-19/h3-11,17,22H,12-16H2,1-2H3,(H,24,27)(H,25,28)/t22-/m1/s1. The fraction of sp³-hybridized carbons (Fsp3) is 0.391. The maximum absolute atomic E-state index is 12.5. The lowest BCUT2D eigenvalue weighted by molar-refractivity contribution is -0.120. The first-order valence-electron chi connectivity index (χ1n) is 9.98. The van der Waals surface area contributed by atoms with Gasteiger partial charge in [-0.2, -0.15) is 0 Å². The Bertz CT molecular complexity index is 781. The van der Waals surface area contributed by atoms with Crippen LogP contribution in [0.3, 0.4) is 0 Å². The first-order chi connectivity index (χ1) is 13.5. The molecule has 5 heteroatoms. The summed E-state index contributed by atoms with van der Waals surface area (Å²) in [5.41, 5.74) is 2.89. The lowest BCUT2D eigenvalue weighted by Crippen LogP contribution is -2.32. The molecule has 0 unspecified atom stereocenters. The zero-order chi connectivity index (χ0) is 19.9. The summed E-state index contributed by atoms with van der Waals surface area (Å²) in [5.74, 6) is 0.528. The lowest BCUT2D eigenvalue weighted by atomic mass is 9.99. The van der Waals surface area contributed by atoms with Crippen molar-refractivity contribution in [3.63, 3.8) is 0 Å².